The molecule has 0 radical (unpaired) electrons. The summed E-state index contributed by atoms with van der Waals surface area (Å²) in [5.41, 5.74) is 0.486. The molecule has 0 fully saturated rings. The summed E-state index contributed by atoms with van der Waals surface area (Å²) in [6, 6.07) is 11.9. The second-order valence-corrected chi connectivity index (χ2v) is 7.87. The fourth-order valence-corrected chi connectivity index (χ4v) is 3.87. The monoisotopic (exact) mass is 388 g/mol. The van der Waals surface area contributed by atoms with Crippen LogP contribution in [-0.4, -0.2) is 23.3 Å². The molecule has 29 heavy (non-hydrogen) atoms. The number of allylic oxidation sites excluding steroid dienone is 2. The molecule has 4 nitrogen and oxygen atoms in total. The number of ether oxygens (including phenoxy) is 1. The summed E-state index contributed by atoms with van der Waals surface area (Å²) in [7, 11) is 0. The zero-order chi connectivity index (χ0) is 20.6. The van der Waals surface area contributed by atoms with Gasteiger partial charge in [0.2, 0.25) is 17.2 Å². The molecule has 0 saturated heterocycles. The Balaban J connectivity index is 1.77. The van der Waals surface area contributed by atoms with Crippen LogP contribution in [0.2, 0.25) is 0 Å². The molecule has 2 aliphatic rings. The Kier molecular flexibility index (Phi) is 4.97. The van der Waals surface area contributed by atoms with Crippen molar-refractivity contribution in [2.75, 3.05) is 6.61 Å². The van der Waals surface area contributed by atoms with Gasteiger partial charge in [-0.15, -0.1) is 0 Å². The summed E-state index contributed by atoms with van der Waals surface area (Å²) in [5.74, 6) is -0.593. The number of rotatable bonds is 5. The van der Waals surface area contributed by atoms with Crippen molar-refractivity contribution in [2.45, 2.75) is 38.2 Å². The van der Waals surface area contributed by atoms with Crippen LogP contribution in [0.5, 0.6) is 5.75 Å². The molecule has 0 amide bonds. The van der Waals surface area contributed by atoms with E-state index in [9.17, 15) is 14.7 Å². The lowest BCUT2D eigenvalue weighted by molar-refractivity contribution is 0.0311. The van der Waals surface area contributed by atoms with Gasteiger partial charge in [-0.1, -0.05) is 68.5 Å². The van der Waals surface area contributed by atoms with E-state index < -0.39 is 17.2 Å². The van der Waals surface area contributed by atoms with Crippen LogP contribution in [0.1, 0.15) is 64.4 Å². The van der Waals surface area contributed by atoms with Crippen LogP contribution in [0.15, 0.2) is 66.3 Å². The number of fused-ring (bicyclic) bond motifs is 1. The van der Waals surface area contributed by atoms with Crippen molar-refractivity contribution in [2.24, 2.45) is 0 Å². The Morgan fingerprint density at radius 3 is 2.31 bits per heavy atom. The predicted molar refractivity (Wildman–Crippen MR) is 111 cm³/mol. The van der Waals surface area contributed by atoms with Crippen LogP contribution in [0.4, 0.5) is 0 Å². The normalized spacial score (nSPS) is 17.4. The standard InChI is InChI=1S/C25H24O4/c1-16(2)18-12-13-21(22(14-18)29-15-17-8-4-3-5-9-17)25(28)23(26)19-10-6-7-11-20(19)24(25)27/h4,6-14,16,28H,3,5,15H2,1-2H3. The van der Waals surface area contributed by atoms with Crippen molar-refractivity contribution in [3.8, 4) is 5.75 Å². The summed E-state index contributed by atoms with van der Waals surface area (Å²) in [5, 5.41) is 11.4. The average molecular weight is 388 g/mol. The summed E-state index contributed by atoms with van der Waals surface area (Å²) >= 11 is 0. The molecule has 0 aliphatic heterocycles. The van der Waals surface area contributed by atoms with E-state index in [2.05, 4.69) is 26.0 Å². The molecule has 4 heteroatoms. The van der Waals surface area contributed by atoms with Crippen molar-refractivity contribution in [1.82, 2.24) is 0 Å². The number of hydrogen-bond donors (Lipinski definition) is 1. The molecular formula is C25H24O4. The van der Waals surface area contributed by atoms with Gasteiger partial charge in [-0.2, -0.15) is 0 Å². The molecule has 2 aliphatic carbocycles. The first-order valence-electron chi connectivity index (χ1n) is 9.96. The smallest absolute Gasteiger partial charge is 0.220 e. The quantitative estimate of drug-likeness (QED) is 0.752. The Morgan fingerprint density at radius 1 is 1.03 bits per heavy atom. The second kappa shape index (κ2) is 7.45. The minimum atomic E-state index is -2.26. The molecular weight excluding hydrogens is 364 g/mol. The van der Waals surface area contributed by atoms with Crippen LogP contribution in [0.25, 0.3) is 0 Å². The minimum Gasteiger partial charge on any atom is -0.488 e. The van der Waals surface area contributed by atoms with Gasteiger partial charge in [0.25, 0.3) is 0 Å². The molecule has 148 valence electrons. The topological polar surface area (TPSA) is 63.6 Å². The maximum atomic E-state index is 13.1. The number of aliphatic hydroxyl groups is 1. The van der Waals surface area contributed by atoms with E-state index in [1.54, 1.807) is 30.3 Å². The third kappa shape index (κ3) is 3.23. The first-order chi connectivity index (χ1) is 13.9. The fraction of sp³-hybridized carbons (Fsp3) is 0.280. The van der Waals surface area contributed by atoms with Gasteiger partial charge < -0.3 is 9.84 Å². The first kappa shape index (κ1) is 19.3. The number of Topliss-reactive ketones (excluding diaryl/α,β-unsaturated/α-hetero) is 2. The number of benzene rings is 2. The van der Waals surface area contributed by atoms with Gasteiger partial charge in [0.15, 0.2) is 0 Å². The Bertz CT molecular complexity index is 1010. The average Bonchev–Trinajstić information content (AvgIpc) is 2.95. The van der Waals surface area contributed by atoms with E-state index >= 15 is 0 Å². The van der Waals surface area contributed by atoms with E-state index in [1.807, 2.05) is 18.2 Å². The SMILES string of the molecule is CC(C)c1ccc(C2(O)C(=O)c3ccccc3C2=O)c(OCC2=CCCC=C2)c1. The lowest BCUT2D eigenvalue weighted by Crippen LogP contribution is -2.38. The molecule has 2 aromatic carbocycles. The molecule has 0 bridgehead atoms. The highest BCUT2D eigenvalue weighted by molar-refractivity contribution is 6.32. The lowest BCUT2D eigenvalue weighted by atomic mass is 9.86. The largest absolute Gasteiger partial charge is 0.488 e. The van der Waals surface area contributed by atoms with Gasteiger partial charge in [-0.3, -0.25) is 9.59 Å². The van der Waals surface area contributed by atoms with Gasteiger partial charge in [0, 0.05) is 16.7 Å². The molecule has 4 rings (SSSR count). The molecule has 2 aromatic rings. The molecule has 0 heterocycles. The van der Waals surface area contributed by atoms with Crippen LogP contribution in [0, 0.1) is 0 Å². The third-order valence-electron chi connectivity index (χ3n) is 5.60. The van der Waals surface area contributed by atoms with Crippen LogP contribution in [-0.2, 0) is 5.60 Å². The Labute approximate surface area is 170 Å². The van der Waals surface area contributed by atoms with Crippen molar-refractivity contribution in [3.63, 3.8) is 0 Å². The molecule has 0 aromatic heterocycles. The molecule has 0 unspecified atom stereocenters. The summed E-state index contributed by atoms with van der Waals surface area (Å²) in [6.45, 7) is 4.43. The summed E-state index contributed by atoms with van der Waals surface area (Å²) in [4.78, 5) is 26.1. The zero-order valence-corrected chi connectivity index (χ0v) is 16.6. The lowest BCUT2D eigenvalue weighted by Gasteiger charge is -2.24. The van der Waals surface area contributed by atoms with Crippen molar-refractivity contribution < 1.29 is 19.4 Å². The van der Waals surface area contributed by atoms with E-state index in [4.69, 9.17) is 4.74 Å². The van der Waals surface area contributed by atoms with Gasteiger partial charge in [-0.05, 0) is 36.0 Å². The number of hydrogen-bond acceptors (Lipinski definition) is 4. The highest BCUT2D eigenvalue weighted by Crippen LogP contribution is 2.42. The van der Waals surface area contributed by atoms with Gasteiger partial charge >= 0.3 is 0 Å². The maximum absolute atomic E-state index is 13.1. The van der Waals surface area contributed by atoms with E-state index in [0.717, 1.165) is 24.0 Å². The van der Waals surface area contributed by atoms with Crippen molar-refractivity contribution in [1.29, 1.82) is 0 Å². The van der Waals surface area contributed by atoms with Gasteiger partial charge in [0.05, 0.1) is 0 Å². The predicted octanol–water partition coefficient (Wildman–Crippen LogP) is 4.73. The van der Waals surface area contributed by atoms with Gasteiger partial charge in [-0.25, -0.2) is 0 Å². The van der Waals surface area contributed by atoms with E-state index in [-0.39, 0.29) is 22.6 Å². The third-order valence-corrected chi connectivity index (χ3v) is 5.60. The van der Waals surface area contributed by atoms with Gasteiger partial charge in [0.1, 0.15) is 12.4 Å². The van der Waals surface area contributed by atoms with Crippen molar-refractivity contribution >= 4 is 11.6 Å². The number of carbonyl (C=O) groups excluding carboxylic acids is 2. The highest BCUT2D eigenvalue weighted by Gasteiger charge is 2.54. The molecule has 0 spiro atoms. The number of ketones is 2. The minimum absolute atomic E-state index is 0.202. The van der Waals surface area contributed by atoms with Crippen LogP contribution >= 0.6 is 0 Å². The molecule has 0 atom stereocenters. The van der Waals surface area contributed by atoms with E-state index in [0.29, 0.717) is 12.4 Å². The summed E-state index contributed by atoms with van der Waals surface area (Å²) < 4.78 is 6.06. The van der Waals surface area contributed by atoms with Crippen LogP contribution < -0.4 is 4.74 Å². The maximum Gasteiger partial charge on any atom is 0.220 e. The Hall–Kier alpha value is -2.98. The van der Waals surface area contributed by atoms with Crippen LogP contribution in [0.3, 0.4) is 0 Å². The molecule has 0 saturated carbocycles. The fourth-order valence-electron chi connectivity index (χ4n) is 3.87. The van der Waals surface area contributed by atoms with Crippen molar-refractivity contribution in [3.05, 3.63) is 88.5 Å². The molecule has 1 N–H and O–H groups in total. The first-order valence-corrected chi connectivity index (χ1v) is 9.96. The summed E-state index contributed by atoms with van der Waals surface area (Å²) in [6.07, 6.45) is 8.20. The Morgan fingerprint density at radius 2 is 1.72 bits per heavy atom. The zero-order valence-electron chi connectivity index (χ0n) is 16.6. The number of carbonyl (C=O) groups is 2. The highest BCUT2D eigenvalue weighted by atomic mass is 16.5. The second-order valence-electron chi connectivity index (χ2n) is 7.87. The van der Waals surface area contributed by atoms with E-state index in [1.165, 1.54) is 0 Å².